The van der Waals surface area contributed by atoms with Crippen molar-refractivity contribution in [2.45, 2.75) is 26.3 Å². The zero-order chi connectivity index (χ0) is 12.6. The normalized spacial score (nSPS) is 11.6. The maximum atomic E-state index is 13.5. The van der Waals surface area contributed by atoms with Crippen LogP contribution in [0.3, 0.4) is 0 Å². The molecule has 2 rings (SSSR count). The van der Waals surface area contributed by atoms with Gasteiger partial charge in [-0.2, -0.15) is 0 Å². The van der Waals surface area contributed by atoms with Gasteiger partial charge in [-0.1, -0.05) is 25.4 Å². The van der Waals surface area contributed by atoms with Crippen LogP contribution in [-0.2, 0) is 12.4 Å². The van der Waals surface area contributed by atoms with E-state index >= 15 is 0 Å². The Bertz CT molecular complexity index is 549. The van der Waals surface area contributed by atoms with E-state index in [1.807, 2.05) is 4.57 Å². The van der Waals surface area contributed by atoms with E-state index in [9.17, 15) is 4.39 Å². The molecule has 0 atom stereocenters. The molecule has 1 heterocycles. The van der Waals surface area contributed by atoms with E-state index in [1.165, 1.54) is 6.07 Å². The zero-order valence-electron chi connectivity index (χ0n) is 9.67. The Morgan fingerprint density at radius 2 is 2.12 bits per heavy atom. The Labute approximate surface area is 109 Å². The molecule has 2 aromatic rings. The van der Waals surface area contributed by atoms with Gasteiger partial charge in [0.25, 0.3) is 0 Å². The first-order valence-corrected chi connectivity index (χ1v) is 6.34. The molecule has 2 nitrogen and oxygen atoms in total. The van der Waals surface area contributed by atoms with Gasteiger partial charge in [0.1, 0.15) is 11.6 Å². The maximum Gasteiger partial charge on any atom is 0.144 e. The van der Waals surface area contributed by atoms with Crippen molar-refractivity contribution >= 4 is 34.2 Å². The highest BCUT2D eigenvalue weighted by molar-refractivity contribution is 6.31. The molecule has 0 spiro atoms. The van der Waals surface area contributed by atoms with Gasteiger partial charge in [-0.3, -0.25) is 0 Å². The fourth-order valence-corrected chi connectivity index (χ4v) is 2.20. The van der Waals surface area contributed by atoms with Crippen molar-refractivity contribution in [2.24, 2.45) is 5.92 Å². The molecule has 0 N–H and O–H groups in total. The minimum atomic E-state index is -0.426. The van der Waals surface area contributed by atoms with Crippen LogP contribution in [0.25, 0.3) is 11.0 Å². The van der Waals surface area contributed by atoms with Crippen LogP contribution in [0.15, 0.2) is 12.1 Å². The minimum Gasteiger partial charge on any atom is -0.327 e. The third-order valence-electron chi connectivity index (χ3n) is 2.54. The van der Waals surface area contributed by atoms with Crippen molar-refractivity contribution in [3.63, 3.8) is 0 Å². The molecule has 0 aliphatic rings. The zero-order valence-corrected chi connectivity index (χ0v) is 11.2. The fraction of sp³-hybridized carbons (Fsp3) is 0.417. The maximum absolute atomic E-state index is 13.5. The summed E-state index contributed by atoms with van der Waals surface area (Å²) < 4.78 is 15.4. The topological polar surface area (TPSA) is 17.8 Å². The number of hydrogen-bond donors (Lipinski definition) is 0. The third-order valence-corrected chi connectivity index (χ3v) is 3.07. The monoisotopic (exact) mass is 274 g/mol. The molecule has 17 heavy (non-hydrogen) atoms. The van der Waals surface area contributed by atoms with Gasteiger partial charge in [0.2, 0.25) is 0 Å². The molecule has 0 saturated heterocycles. The standard InChI is InChI=1S/C12H13Cl2FN2/c1-7(2)6-17-11-4-9(15)8(14)3-10(11)16-12(17)5-13/h3-4,7H,5-6H2,1-2H3. The number of hydrogen-bond acceptors (Lipinski definition) is 1. The fourth-order valence-electron chi connectivity index (χ4n) is 1.84. The second kappa shape index (κ2) is 4.83. The molecule has 0 fully saturated rings. The first kappa shape index (κ1) is 12.7. The quantitative estimate of drug-likeness (QED) is 0.767. The Hall–Kier alpha value is -0.800. The molecule has 1 aromatic carbocycles. The van der Waals surface area contributed by atoms with E-state index in [4.69, 9.17) is 23.2 Å². The molecular weight excluding hydrogens is 262 g/mol. The number of benzene rings is 1. The summed E-state index contributed by atoms with van der Waals surface area (Å²) in [7, 11) is 0. The lowest BCUT2D eigenvalue weighted by Gasteiger charge is -2.10. The first-order valence-electron chi connectivity index (χ1n) is 5.43. The van der Waals surface area contributed by atoms with Crippen LogP contribution in [0.5, 0.6) is 0 Å². The average molecular weight is 275 g/mol. The molecule has 0 saturated carbocycles. The number of aromatic nitrogens is 2. The number of nitrogens with zero attached hydrogens (tertiary/aromatic N) is 2. The first-order chi connectivity index (χ1) is 8.02. The molecule has 0 radical (unpaired) electrons. The Balaban J connectivity index is 2.65. The van der Waals surface area contributed by atoms with Crippen LogP contribution in [0.4, 0.5) is 4.39 Å². The van der Waals surface area contributed by atoms with Gasteiger partial charge in [0.05, 0.1) is 21.9 Å². The number of imidazole rings is 1. The summed E-state index contributed by atoms with van der Waals surface area (Å²) >= 11 is 11.6. The number of rotatable bonds is 3. The Kier molecular flexibility index (Phi) is 3.59. The molecular formula is C12H13Cl2FN2. The predicted octanol–water partition coefficient (Wildman–Crippen LogP) is 4.22. The highest BCUT2D eigenvalue weighted by atomic mass is 35.5. The molecule has 5 heteroatoms. The lowest BCUT2D eigenvalue weighted by molar-refractivity contribution is 0.521. The summed E-state index contributed by atoms with van der Waals surface area (Å²) in [6, 6.07) is 2.96. The van der Waals surface area contributed by atoms with E-state index in [-0.39, 0.29) is 5.02 Å². The second-order valence-corrected chi connectivity index (χ2v) is 5.10. The molecule has 0 aliphatic carbocycles. The SMILES string of the molecule is CC(C)Cn1c(CCl)nc2cc(Cl)c(F)cc21. The molecule has 92 valence electrons. The van der Waals surface area contributed by atoms with Crippen molar-refractivity contribution in [1.82, 2.24) is 9.55 Å². The molecule has 0 amide bonds. The lowest BCUT2D eigenvalue weighted by Crippen LogP contribution is -2.07. The van der Waals surface area contributed by atoms with Crippen LogP contribution in [0, 0.1) is 11.7 Å². The van der Waals surface area contributed by atoms with Gasteiger partial charge >= 0.3 is 0 Å². The molecule has 0 aliphatic heterocycles. The average Bonchev–Trinajstić information content (AvgIpc) is 2.57. The summed E-state index contributed by atoms with van der Waals surface area (Å²) in [5.41, 5.74) is 1.43. The van der Waals surface area contributed by atoms with Gasteiger partial charge in [0, 0.05) is 12.6 Å². The predicted molar refractivity (Wildman–Crippen MR) is 69.1 cm³/mol. The third kappa shape index (κ3) is 2.40. The van der Waals surface area contributed by atoms with Gasteiger partial charge < -0.3 is 4.57 Å². The summed E-state index contributed by atoms with van der Waals surface area (Å²) in [5, 5.41) is 0.0906. The molecule has 1 aromatic heterocycles. The minimum absolute atomic E-state index is 0.0906. The summed E-state index contributed by atoms with van der Waals surface area (Å²) in [4.78, 5) is 4.37. The molecule has 0 bridgehead atoms. The van der Waals surface area contributed by atoms with Crippen LogP contribution in [-0.4, -0.2) is 9.55 Å². The van der Waals surface area contributed by atoms with E-state index in [2.05, 4.69) is 18.8 Å². The number of halogens is 3. The van der Waals surface area contributed by atoms with Gasteiger partial charge in [-0.25, -0.2) is 9.37 Å². The van der Waals surface area contributed by atoms with Crippen molar-refractivity contribution < 1.29 is 4.39 Å². The highest BCUT2D eigenvalue weighted by Gasteiger charge is 2.13. The van der Waals surface area contributed by atoms with Crippen molar-refractivity contribution in [1.29, 1.82) is 0 Å². The summed E-state index contributed by atoms with van der Waals surface area (Å²) in [6.07, 6.45) is 0. The van der Waals surface area contributed by atoms with Crippen LogP contribution >= 0.6 is 23.2 Å². The summed E-state index contributed by atoms with van der Waals surface area (Å²) in [6.45, 7) is 4.95. The second-order valence-electron chi connectivity index (χ2n) is 4.42. The van der Waals surface area contributed by atoms with Gasteiger partial charge in [-0.05, 0) is 12.0 Å². The van der Waals surface area contributed by atoms with Crippen LogP contribution in [0.2, 0.25) is 5.02 Å². The van der Waals surface area contributed by atoms with E-state index < -0.39 is 5.82 Å². The number of fused-ring (bicyclic) bond motifs is 1. The van der Waals surface area contributed by atoms with Gasteiger partial charge in [-0.15, -0.1) is 11.6 Å². The Morgan fingerprint density at radius 1 is 1.41 bits per heavy atom. The molecule has 0 unspecified atom stereocenters. The van der Waals surface area contributed by atoms with E-state index in [0.717, 1.165) is 17.9 Å². The Morgan fingerprint density at radius 3 is 2.71 bits per heavy atom. The van der Waals surface area contributed by atoms with Crippen molar-refractivity contribution in [2.75, 3.05) is 0 Å². The smallest absolute Gasteiger partial charge is 0.144 e. The summed E-state index contributed by atoms with van der Waals surface area (Å²) in [5.74, 6) is 1.07. The highest BCUT2D eigenvalue weighted by Crippen LogP contribution is 2.25. The lowest BCUT2D eigenvalue weighted by atomic mass is 10.2. The van der Waals surface area contributed by atoms with Crippen molar-refractivity contribution in [3.05, 3.63) is 28.8 Å². The number of alkyl halides is 1. The van der Waals surface area contributed by atoms with Crippen molar-refractivity contribution in [3.8, 4) is 0 Å². The van der Waals surface area contributed by atoms with Crippen LogP contribution < -0.4 is 0 Å². The largest absolute Gasteiger partial charge is 0.327 e. The van der Waals surface area contributed by atoms with Gasteiger partial charge in [0.15, 0.2) is 0 Å². The van der Waals surface area contributed by atoms with E-state index in [0.29, 0.717) is 17.3 Å². The van der Waals surface area contributed by atoms with Crippen LogP contribution in [0.1, 0.15) is 19.7 Å². The van der Waals surface area contributed by atoms with E-state index in [1.54, 1.807) is 6.07 Å².